The molecule has 182 valence electrons. The van der Waals surface area contributed by atoms with Gasteiger partial charge in [0.05, 0.1) is 6.10 Å². The molecule has 2 bridgehead atoms. The summed E-state index contributed by atoms with van der Waals surface area (Å²) in [6.45, 7) is 0.973. The first kappa shape index (κ1) is 22.1. The Morgan fingerprint density at radius 3 is 2.34 bits per heavy atom. The number of carboxylic acids is 1. The van der Waals surface area contributed by atoms with Gasteiger partial charge in [0.2, 0.25) is 0 Å². The van der Waals surface area contributed by atoms with Crippen LogP contribution >= 0.6 is 0 Å². The Bertz CT molecular complexity index is 1140. The molecule has 3 saturated heterocycles. The quantitative estimate of drug-likeness (QED) is 0.664. The maximum atomic E-state index is 13.0. The molecular formula is C27H28N2O6. The van der Waals surface area contributed by atoms with Gasteiger partial charge in [-0.15, -0.1) is 0 Å². The molecule has 2 aliphatic carbocycles. The van der Waals surface area contributed by atoms with Crippen molar-refractivity contribution in [2.75, 3.05) is 19.7 Å². The van der Waals surface area contributed by atoms with E-state index in [2.05, 4.69) is 29.6 Å². The Labute approximate surface area is 203 Å². The number of nitrogens with zero attached hydrogens (tertiary/aromatic N) is 1. The normalized spacial score (nSPS) is 28.2. The van der Waals surface area contributed by atoms with Crippen molar-refractivity contribution < 1.29 is 29.0 Å². The van der Waals surface area contributed by atoms with Crippen LogP contribution in [-0.4, -0.2) is 65.4 Å². The van der Waals surface area contributed by atoms with Gasteiger partial charge in [0.25, 0.3) is 5.91 Å². The molecule has 2 atom stereocenters. The Morgan fingerprint density at radius 1 is 1.03 bits per heavy atom. The van der Waals surface area contributed by atoms with Gasteiger partial charge >= 0.3 is 12.1 Å². The third-order valence-corrected chi connectivity index (χ3v) is 8.08. The number of hydrogen-bond donors (Lipinski definition) is 2. The van der Waals surface area contributed by atoms with Gasteiger partial charge < -0.3 is 24.8 Å². The number of aliphatic carboxylic acids is 1. The van der Waals surface area contributed by atoms with Crippen LogP contribution in [0, 0.1) is 5.92 Å². The predicted molar refractivity (Wildman–Crippen MR) is 126 cm³/mol. The number of benzene rings is 2. The molecule has 0 aromatic heterocycles. The molecule has 2 unspecified atom stereocenters. The summed E-state index contributed by atoms with van der Waals surface area (Å²) in [5.74, 6) is -0.893. The van der Waals surface area contributed by atoms with Crippen LogP contribution in [0.4, 0.5) is 4.79 Å². The number of fused-ring (bicyclic) bond motifs is 4. The predicted octanol–water partition coefficient (Wildman–Crippen LogP) is 3.15. The standard InChI is InChI=1S/C27H28N2O6/c30-24(29-14-16-11-27(29,12-16)25(31)32)23-10-9-17(35-23)13-28-26(33)34-15-22-20-7-3-1-5-18(20)19-6-2-4-8-21(19)22/h1-8,16-17,22-23H,9-15H2,(H,28,33)(H,31,32). The molecular weight excluding hydrogens is 448 g/mol. The molecule has 0 spiro atoms. The van der Waals surface area contributed by atoms with Crippen LogP contribution in [0.1, 0.15) is 42.7 Å². The average molecular weight is 477 g/mol. The maximum absolute atomic E-state index is 13.0. The van der Waals surface area contributed by atoms with E-state index in [0.29, 0.717) is 32.2 Å². The minimum atomic E-state index is -1.04. The highest BCUT2D eigenvalue weighted by molar-refractivity contribution is 5.91. The molecule has 5 aliphatic rings. The van der Waals surface area contributed by atoms with Gasteiger partial charge in [-0.25, -0.2) is 9.59 Å². The molecule has 0 radical (unpaired) electrons. The average Bonchev–Trinajstić information content (AvgIpc) is 3.61. The second-order valence-corrected chi connectivity index (χ2v) is 10.1. The summed E-state index contributed by atoms with van der Waals surface area (Å²) in [6.07, 6.45) is 0.740. The number of alkyl carbamates (subject to hydrolysis) is 1. The summed E-state index contributed by atoms with van der Waals surface area (Å²) in [6, 6.07) is 16.3. The molecule has 2 N–H and O–H groups in total. The second kappa shape index (κ2) is 8.37. The zero-order valence-corrected chi connectivity index (χ0v) is 19.3. The number of rotatable bonds is 6. The summed E-state index contributed by atoms with van der Waals surface area (Å²) in [5.41, 5.74) is 3.62. The lowest BCUT2D eigenvalue weighted by atomic mass is 9.73. The molecule has 1 saturated carbocycles. The number of nitrogens with one attached hydrogen (secondary N) is 1. The molecule has 3 heterocycles. The summed E-state index contributed by atoms with van der Waals surface area (Å²) in [5, 5.41) is 12.4. The first-order chi connectivity index (χ1) is 17.0. The smallest absolute Gasteiger partial charge is 0.407 e. The van der Waals surface area contributed by atoms with E-state index in [-0.39, 0.29) is 37.0 Å². The van der Waals surface area contributed by atoms with E-state index >= 15 is 0 Å². The van der Waals surface area contributed by atoms with E-state index < -0.39 is 23.7 Å². The first-order valence-corrected chi connectivity index (χ1v) is 12.3. The molecule has 4 fully saturated rings. The van der Waals surface area contributed by atoms with Gasteiger partial charge in [-0.05, 0) is 53.9 Å². The summed E-state index contributed by atoms with van der Waals surface area (Å²) >= 11 is 0. The molecule has 2 aromatic carbocycles. The number of ether oxygens (including phenoxy) is 2. The van der Waals surface area contributed by atoms with Crippen molar-refractivity contribution >= 4 is 18.0 Å². The number of hydrogen-bond acceptors (Lipinski definition) is 5. The second-order valence-electron chi connectivity index (χ2n) is 10.1. The van der Waals surface area contributed by atoms with Crippen molar-refractivity contribution in [3.05, 3.63) is 59.7 Å². The minimum absolute atomic E-state index is 0.00819. The molecule has 2 amide bonds. The van der Waals surface area contributed by atoms with Crippen molar-refractivity contribution in [2.24, 2.45) is 5.92 Å². The van der Waals surface area contributed by atoms with Crippen molar-refractivity contribution in [1.29, 1.82) is 0 Å². The highest BCUT2D eigenvalue weighted by Crippen LogP contribution is 2.51. The molecule has 2 aromatic rings. The molecule has 8 nitrogen and oxygen atoms in total. The molecule has 3 aliphatic heterocycles. The number of carbonyl (C=O) groups excluding carboxylic acids is 2. The monoisotopic (exact) mass is 476 g/mol. The van der Waals surface area contributed by atoms with E-state index in [1.54, 1.807) is 0 Å². The molecule has 35 heavy (non-hydrogen) atoms. The van der Waals surface area contributed by atoms with Crippen molar-refractivity contribution in [2.45, 2.75) is 49.3 Å². The lowest BCUT2D eigenvalue weighted by Crippen LogP contribution is -2.56. The minimum Gasteiger partial charge on any atom is -0.479 e. The fourth-order valence-corrected chi connectivity index (χ4v) is 6.33. The Hall–Kier alpha value is -3.39. The van der Waals surface area contributed by atoms with Gasteiger partial charge in [-0.3, -0.25) is 4.79 Å². The number of carbonyl (C=O) groups is 3. The zero-order chi connectivity index (χ0) is 24.2. The van der Waals surface area contributed by atoms with Crippen LogP contribution in [0.25, 0.3) is 11.1 Å². The molecule has 7 rings (SSSR count). The molecule has 8 heteroatoms. The SMILES string of the molecule is O=C(NCC1CCC(C(=O)N2CC3CC2(C(=O)O)C3)O1)OCC1c2ccccc2-c2ccccc21. The van der Waals surface area contributed by atoms with Gasteiger partial charge in [-0.1, -0.05) is 48.5 Å². The highest BCUT2D eigenvalue weighted by Gasteiger charge is 2.63. The van der Waals surface area contributed by atoms with E-state index in [0.717, 1.165) is 11.1 Å². The zero-order valence-electron chi connectivity index (χ0n) is 19.3. The van der Waals surface area contributed by atoms with E-state index in [9.17, 15) is 19.5 Å². The summed E-state index contributed by atoms with van der Waals surface area (Å²) in [4.78, 5) is 38.6. The van der Waals surface area contributed by atoms with Gasteiger partial charge in [0.1, 0.15) is 18.2 Å². The van der Waals surface area contributed by atoms with Crippen molar-refractivity contribution in [3.8, 4) is 11.1 Å². The highest BCUT2D eigenvalue weighted by atomic mass is 16.6. The van der Waals surface area contributed by atoms with Crippen LogP contribution in [0.15, 0.2) is 48.5 Å². The Kier molecular flexibility index (Phi) is 5.29. The summed E-state index contributed by atoms with van der Waals surface area (Å²) < 4.78 is 11.5. The third kappa shape index (κ3) is 3.58. The van der Waals surface area contributed by atoms with Crippen LogP contribution in [0.2, 0.25) is 0 Å². The van der Waals surface area contributed by atoms with Crippen LogP contribution in [0.5, 0.6) is 0 Å². The fraction of sp³-hybridized carbons (Fsp3) is 0.444. The van der Waals surface area contributed by atoms with E-state index in [1.165, 1.54) is 16.0 Å². The number of carboxylic acid groups (broad SMARTS) is 1. The topological polar surface area (TPSA) is 105 Å². The maximum Gasteiger partial charge on any atom is 0.407 e. The first-order valence-electron chi connectivity index (χ1n) is 12.3. The lowest BCUT2D eigenvalue weighted by Gasteiger charge is -2.38. The lowest BCUT2D eigenvalue weighted by molar-refractivity contribution is -0.162. The van der Waals surface area contributed by atoms with Gasteiger partial charge in [0, 0.05) is 19.0 Å². The Morgan fingerprint density at radius 2 is 1.69 bits per heavy atom. The van der Waals surface area contributed by atoms with Crippen molar-refractivity contribution in [3.63, 3.8) is 0 Å². The van der Waals surface area contributed by atoms with Crippen LogP contribution < -0.4 is 5.32 Å². The van der Waals surface area contributed by atoms with Crippen molar-refractivity contribution in [1.82, 2.24) is 10.2 Å². The largest absolute Gasteiger partial charge is 0.479 e. The van der Waals surface area contributed by atoms with Crippen LogP contribution in [0.3, 0.4) is 0 Å². The van der Waals surface area contributed by atoms with Gasteiger partial charge in [-0.2, -0.15) is 0 Å². The number of amides is 2. The van der Waals surface area contributed by atoms with Gasteiger partial charge in [0.15, 0.2) is 0 Å². The Balaban J connectivity index is 1.01. The van der Waals surface area contributed by atoms with E-state index in [1.807, 2.05) is 24.3 Å². The fourth-order valence-electron chi connectivity index (χ4n) is 6.33. The third-order valence-electron chi connectivity index (χ3n) is 8.08. The van der Waals surface area contributed by atoms with E-state index in [4.69, 9.17) is 9.47 Å². The summed E-state index contributed by atoms with van der Waals surface area (Å²) in [7, 11) is 0. The van der Waals surface area contributed by atoms with Crippen LogP contribution in [-0.2, 0) is 19.1 Å².